The van der Waals surface area contributed by atoms with Crippen molar-refractivity contribution in [2.24, 2.45) is 7.05 Å². The molecule has 2 aromatic rings. The largest absolute Gasteiger partial charge is 0.496 e. The molecule has 1 aromatic carbocycles. The molecular formula is C22H27BrN2O4. The fourth-order valence-corrected chi connectivity index (χ4v) is 4.08. The maximum absolute atomic E-state index is 12.6. The number of likely N-dealkylation sites (tertiary alicyclic amines) is 1. The molecule has 0 unspecified atom stereocenters. The van der Waals surface area contributed by atoms with E-state index in [4.69, 9.17) is 9.47 Å². The minimum atomic E-state index is -0.0715. The van der Waals surface area contributed by atoms with Gasteiger partial charge in [0.25, 0.3) is 5.56 Å². The summed E-state index contributed by atoms with van der Waals surface area (Å²) in [6.07, 6.45) is 2.76. The molecule has 2 heterocycles. The van der Waals surface area contributed by atoms with Crippen LogP contribution in [-0.4, -0.2) is 41.7 Å². The number of amides is 1. The molecule has 0 spiro atoms. The van der Waals surface area contributed by atoms with Crippen LogP contribution in [0.2, 0.25) is 0 Å². The van der Waals surface area contributed by atoms with Crippen LogP contribution in [0.5, 0.6) is 11.5 Å². The molecule has 29 heavy (non-hydrogen) atoms. The van der Waals surface area contributed by atoms with Crippen molar-refractivity contribution in [3.8, 4) is 11.5 Å². The van der Waals surface area contributed by atoms with Gasteiger partial charge in [-0.15, -0.1) is 0 Å². The molecule has 0 saturated carbocycles. The van der Waals surface area contributed by atoms with Gasteiger partial charge in [-0.2, -0.15) is 0 Å². The first kappa shape index (κ1) is 21.4. The average Bonchev–Trinajstić information content (AvgIpc) is 2.71. The van der Waals surface area contributed by atoms with Crippen LogP contribution in [0.15, 0.2) is 39.6 Å². The highest BCUT2D eigenvalue weighted by Crippen LogP contribution is 2.26. The standard InChI is InChI=1S/C22H27BrN2O4/c1-15-12-18(14-22(27)24(15)2)29-17-8-10-25(11-9-17)21(26)7-5-16-4-6-20(28-3)19(23)13-16/h4,6,12-14,17H,5,7-11H2,1-3H3. The summed E-state index contributed by atoms with van der Waals surface area (Å²) in [5.74, 6) is 1.56. The average molecular weight is 463 g/mol. The fourth-order valence-electron chi connectivity index (χ4n) is 3.50. The van der Waals surface area contributed by atoms with Gasteiger partial charge >= 0.3 is 0 Å². The molecule has 0 radical (unpaired) electrons. The predicted octanol–water partition coefficient (Wildman–Crippen LogP) is 3.47. The molecule has 1 aliphatic heterocycles. The van der Waals surface area contributed by atoms with E-state index in [0.717, 1.165) is 34.3 Å². The van der Waals surface area contributed by atoms with E-state index in [2.05, 4.69) is 15.9 Å². The van der Waals surface area contributed by atoms with Crippen LogP contribution >= 0.6 is 15.9 Å². The van der Waals surface area contributed by atoms with Crippen molar-refractivity contribution in [1.29, 1.82) is 0 Å². The van der Waals surface area contributed by atoms with E-state index in [1.54, 1.807) is 18.7 Å². The maximum Gasteiger partial charge on any atom is 0.254 e. The molecule has 0 bridgehead atoms. The third-order valence-electron chi connectivity index (χ3n) is 5.42. The summed E-state index contributed by atoms with van der Waals surface area (Å²) in [6, 6.07) is 9.30. The van der Waals surface area contributed by atoms with Crippen molar-refractivity contribution in [1.82, 2.24) is 9.47 Å². The molecule has 1 saturated heterocycles. The van der Waals surface area contributed by atoms with E-state index < -0.39 is 0 Å². The van der Waals surface area contributed by atoms with Crippen LogP contribution in [0.25, 0.3) is 0 Å². The fraction of sp³-hybridized carbons (Fsp3) is 0.455. The van der Waals surface area contributed by atoms with Crippen LogP contribution in [0.4, 0.5) is 0 Å². The second kappa shape index (κ2) is 9.48. The van der Waals surface area contributed by atoms with Crippen molar-refractivity contribution >= 4 is 21.8 Å². The number of methoxy groups -OCH3 is 1. The van der Waals surface area contributed by atoms with Gasteiger partial charge in [0.05, 0.1) is 11.6 Å². The Morgan fingerprint density at radius 2 is 1.93 bits per heavy atom. The molecule has 156 valence electrons. The molecular weight excluding hydrogens is 436 g/mol. The Labute approximate surface area is 179 Å². The lowest BCUT2D eigenvalue weighted by atomic mass is 10.1. The minimum Gasteiger partial charge on any atom is -0.496 e. The normalized spacial score (nSPS) is 14.7. The third-order valence-corrected chi connectivity index (χ3v) is 6.04. The second-order valence-corrected chi connectivity index (χ2v) is 8.25. The highest BCUT2D eigenvalue weighted by Gasteiger charge is 2.24. The second-order valence-electron chi connectivity index (χ2n) is 7.40. The number of carbonyl (C=O) groups excluding carboxylic acids is 1. The van der Waals surface area contributed by atoms with Crippen LogP contribution < -0.4 is 15.0 Å². The summed E-state index contributed by atoms with van der Waals surface area (Å²) >= 11 is 3.48. The van der Waals surface area contributed by atoms with E-state index in [0.29, 0.717) is 31.7 Å². The minimum absolute atomic E-state index is 0.0306. The van der Waals surface area contributed by atoms with Gasteiger partial charge in [-0.1, -0.05) is 6.07 Å². The zero-order valence-corrected chi connectivity index (χ0v) is 18.7. The summed E-state index contributed by atoms with van der Waals surface area (Å²) in [4.78, 5) is 26.4. The zero-order valence-electron chi connectivity index (χ0n) is 17.1. The number of ether oxygens (including phenoxy) is 2. The molecule has 7 heteroatoms. The van der Waals surface area contributed by atoms with Crippen LogP contribution in [0.1, 0.15) is 30.5 Å². The molecule has 1 fully saturated rings. The molecule has 1 amide bonds. The van der Waals surface area contributed by atoms with E-state index >= 15 is 0 Å². The number of hydrogen-bond donors (Lipinski definition) is 0. The van der Waals surface area contributed by atoms with Gasteiger partial charge in [0, 0.05) is 51.2 Å². The van der Waals surface area contributed by atoms with Crippen molar-refractivity contribution in [2.75, 3.05) is 20.2 Å². The molecule has 1 aliphatic rings. The summed E-state index contributed by atoms with van der Waals surface area (Å²) in [5, 5.41) is 0. The zero-order chi connectivity index (χ0) is 21.0. The van der Waals surface area contributed by atoms with Gasteiger partial charge in [-0.3, -0.25) is 9.59 Å². The first-order valence-electron chi connectivity index (χ1n) is 9.82. The van der Waals surface area contributed by atoms with Crippen molar-refractivity contribution < 1.29 is 14.3 Å². The molecule has 1 aromatic heterocycles. The van der Waals surface area contributed by atoms with Crippen molar-refractivity contribution in [2.45, 2.75) is 38.7 Å². The monoisotopic (exact) mass is 462 g/mol. The number of hydrogen-bond acceptors (Lipinski definition) is 4. The third kappa shape index (κ3) is 5.41. The number of benzene rings is 1. The molecule has 3 rings (SSSR count). The summed E-state index contributed by atoms with van der Waals surface area (Å²) in [6.45, 7) is 3.25. The lowest BCUT2D eigenvalue weighted by Gasteiger charge is -2.32. The van der Waals surface area contributed by atoms with Gasteiger partial charge < -0.3 is 18.9 Å². The number of rotatable bonds is 6. The topological polar surface area (TPSA) is 60.8 Å². The Bertz CT molecular complexity index is 933. The molecule has 0 N–H and O–H groups in total. The van der Waals surface area contributed by atoms with Gasteiger partial charge in [0.15, 0.2) is 0 Å². The quantitative estimate of drug-likeness (QED) is 0.659. The van der Waals surface area contributed by atoms with E-state index in [1.807, 2.05) is 36.1 Å². The van der Waals surface area contributed by atoms with Crippen molar-refractivity contribution in [3.05, 3.63) is 56.4 Å². The van der Waals surface area contributed by atoms with E-state index in [1.165, 1.54) is 6.07 Å². The highest BCUT2D eigenvalue weighted by molar-refractivity contribution is 9.10. The Morgan fingerprint density at radius 3 is 2.55 bits per heavy atom. The number of carbonyl (C=O) groups is 1. The molecule has 0 aliphatic carbocycles. The number of halogens is 1. The van der Waals surface area contributed by atoms with Gasteiger partial charge in [0.1, 0.15) is 17.6 Å². The summed E-state index contributed by atoms with van der Waals surface area (Å²) < 4.78 is 13.7. The first-order valence-corrected chi connectivity index (χ1v) is 10.6. The van der Waals surface area contributed by atoms with Gasteiger partial charge in [0.2, 0.25) is 5.91 Å². The number of piperidine rings is 1. The Hall–Kier alpha value is -2.28. The van der Waals surface area contributed by atoms with Gasteiger partial charge in [-0.05, 0) is 53.0 Å². The lowest BCUT2D eigenvalue weighted by molar-refractivity contribution is -0.132. The predicted molar refractivity (Wildman–Crippen MR) is 116 cm³/mol. The van der Waals surface area contributed by atoms with E-state index in [-0.39, 0.29) is 17.6 Å². The van der Waals surface area contributed by atoms with E-state index in [9.17, 15) is 9.59 Å². The van der Waals surface area contributed by atoms with Crippen molar-refractivity contribution in [3.63, 3.8) is 0 Å². The van der Waals surface area contributed by atoms with Crippen LogP contribution in [0, 0.1) is 6.92 Å². The Morgan fingerprint density at radius 1 is 1.21 bits per heavy atom. The first-order chi connectivity index (χ1) is 13.9. The highest BCUT2D eigenvalue weighted by atomic mass is 79.9. The number of aromatic nitrogens is 1. The summed E-state index contributed by atoms with van der Waals surface area (Å²) in [7, 11) is 3.38. The lowest BCUT2D eigenvalue weighted by Crippen LogP contribution is -2.42. The molecule has 6 nitrogen and oxygen atoms in total. The number of pyridine rings is 1. The van der Waals surface area contributed by atoms with Crippen LogP contribution in [0.3, 0.4) is 0 Å². The smallest absolute Gasteiger partial charge is 0.254 e. The number of aryl methyl sites for hydroxylation is 2. The molecule has 0 atom stereocenters. The SMILES string of the molecule is COc1ccc(CCC(=O)N2CCC(Oc3cc(C)n(C)c(=O)c3)CC2)cc1Br. The summed E-state index contributed by atoms with van der Waals surface area (Å²) in [5.41, 5.74) is 1.90. The Kier molecular flexibility index (Phi) is 7.00. The van der Waals surface area contributed by atoms with Crippen LogP contribution in [-0.2, 0) is 18.3 Å². The Balaban J connectivity index is 1.48. The maximum atomic E-state index is 12.6. The number of nitrogens with zero attached hydrogens (tertiary/aromatic N) is 2. The van der Waals surface area contributed by atoms with Gasteiger partial charge in [-0.25, -0.2) is 0 Å².